The quantitative estimate of drug-likeness (QED) is 0.799. The number of hydrogen-bond donors (Lipinski definition) is 1. The van der Waals surface area contributed by atoms with E-state index in [-0.39, 0.29) is 24.8 Å². The number of hydrogen-bond acceptors (Lipinski definition) is 4. The molecule has 2 aromatic rings. The standard InChI is InChI=1S/C20H21N5O2/c21-8-1-2-19(27)24-10-6-14(7-11-24)17-12-18(25(13-26)15-3-4-15)23-20-16(17)5-9-22-20/h5-6,9,12-13,15H,1-4,7,10-11H2,(H,22,23). The average Bonchev–Trinajstić information content (AvgIpc) is 3.42. The van der Waals surface area contributed by atoms with E-state index in [0.717, 1.165) is 47.8 Å². The van der Waals surface area contributed by atoms with Gasteiger partial charge >= 0.3 is 0 Å². The van der Waals surface area contributed by atoms with E-state index in [2.05, 4.69) is 16.0 Å². The minimum absolute atomic E-state index is 0.0231. The van der Waals surface area contributed by atoms with Gasteiger partial charge in [0.05, 0.1) is 6.07 Å². The lowest BCUT2D eigenvalue weighted by molar-refractivity contribution is -0.130. The Balaban J connectivity index is 1.62. The molecule has 0 radical (unpaired) electrons. The second kappa shape index (κ2) is 7.23. The third kappa shape index (κ3) is 3.43. The molecule has 1 saturated carbocycles. The molecule has 138 valence electrons. The van der Waals surface area contributed by atoms with Crippen molar-refractivity contribution in [2.75, 3.05) is 18.0 Å². The molecule has 1 aliphatic carbocycles. The molecule has 1 aliphatic heterocycles. The van der Waals surface area contributed by atoms with E-state index in [1.165, 1.54) is 0 Å². The van der Waals surface area contributed by atoms with Gasteiger partial charge in [-0.05, 0) is 42.5 Å². The Bertz CT molecular complexity index is 951. The van der Waals surface area contributed by atoms with Crippen LogP contribution >= 0.6 is 0 Å². The first kappa shape index (κ1) is 17.3. The van der Waals surface area contributed by atoms with Crippen molar-refractivity contribution in [2.45, 2.75) is 38.1 Å². The first-order valence-electron chi connectivity index (χ1n) is 9.27. The van der Waals surface area contributed by atoms with Gasteiger partial charge in [-0.3, -0.25) is 14.5 Å². The van der Waals surface area contributed by atoms with Crippen molar-refractivity contribution in [1.29, 1.82) is 5.26 Å². The van der Waals surface area contributed by atoms with Crippen LogP contribution < -0.4 is 4.90 Å². The van der Waals surface area contributed by atoms with Crippen molar-refractivity contribution >= 4 is 34.7 Å². The lowest BCUT2D eigenvalue weighted by Crippen LogP contribution is -2.34. The Morgan fingerprint density at radius 2 is 2.33 bits per heavy atom. The van der Waals surface area contributed by atoms with E-state index in [1.54, 1.807) is 9.80 Å². The van der Waals surface area contributed by atoms with Crippen molar-refractivity contribution in [3.8, 4) is 6.07 Å². The van der Waals surface area contributed by atoms with Crippen LogP contribution in [0.25, 0.3) is 16.6 Å². The highest BCUT2D eigenvalue weighted by atomic mass is 16.2. The first-order valence-corrected chi connectivity index (χ1v) is 9.27. The number of carbonyl (C=O) groups excluding carboxylic acids is 2. The van der Waals surface area contributed by atoms with Gasteiger partial charge < -0.3 is 9.88 Å². The van der Waals surface area contributed by atoms with Crippen molar-refractivity contribution in [3.05, 3.63) is 30.0 Å². The number of nitrogens with zero attached hydrogens (tertiary/aromatic N) is 4. The highest BCUT2D eigenvalue weighted by Gasteiger charge is 2.31. The number of carbonyl (C=O) groups is 2. The van der Waals surface area contributed by atoms with Gasteiger partial charge in [0, 0.05) is 43.6 Å². The Morgan fingerprint density at radius 1 is 1.48 bits per heavy atom. The van der Waals surface area contributed by atoms with Gasteiger partial charge in [-0.25, -0.2) is 4.98 Å². The Hall–Kier alpha value is -3.14. The summed E-state index contributed by atoms with van der Waals surface area (Å²) in [5.41, 5.74) is 2.99. The average molecular weight is 363 g/mol. The largest absolute Gasteiger partial charge is 0.346 e. The topological polar surface area (TPSA) is 93.1 Å². The fourth-order valence-corrected chi connectivity index (χ4v) is 3.56. The van der Waals surface area contributed by atoms with Crippen LogP contribution in [-0.4, -0.2) is 46.3 Å². The van der Waals surface area contributed by atoms with Crippen molar-refractivity contribution in [2.24, 2.45) is 0 Å². The SMILES string of the molecule is N#CCCC(=O)N1CC=C(c2cc(N(C=O)C3CC3)nc3[nH]ccc23)CC1. The number of nitriles is 1. The highest BCUT2D eigenvalue weighted by Crippen LogP contribution is 2.35. The van der Waals surface area contributed by atoms with Gasteiger partial charge in [0.25, 0.3) is 0 Å². The van der Waals surface area contributed by atoms with Crippen molar-refractivity contribution in [3.63, 3.8) is 0 Å². The molecule has 0 spiro atoms. The van der Waals surface area contributed by atoms with Gasteiger partial charge in [-0.15, -0.1) is 0 Å². The Labute approximate surface area is 157 Å². The minimum Gasteiger partial charge on any atom is -0.346 e. The van der Waals surface area contributed by atoms with Crippen molar-refractivity contribution < 1.29 is 9.59 Å². The summed E-state index contributed by atoms with van der Waals surface area (Å²) in [6.07, 6.45) is 8.09. The van der Waals surface area contributed by atoms with Crippen LogP contribution in [0.1, 0.15) is 37.7 Å². The molecule has 2 aromatic heterocycles. The first-order chi connectivity index (χ1) is 13.2. The second-order valence-corrected chi connectivity index (χ2v) is 6.99. The highest BCUT2D eigenvalue weighted by molar-refractivity contribution is 5.93. The zero-order valence-electron chi connectivity index (χ0n) is 15.0. The molecule has 7 nitrogen and oxygen atoms in total. The monoisotopic (exact) mass is 363 g/mol. The molecule has 27 heavy (non-hydrogen) atoms. The zero-order chi connectivity index (χ0) is 18.8. The number of aromatic amines is 1. The van der Waals surface area contributed by atoms with E-state index in [1.807, 2.05) is 24.4 Å². The maximum atomic E-state index is 12.1. The van der Waals surface area contributed by atoms with Gasteiger partial charge in [-0.2, -0.15) is 5.26 Å². The number of anilines is 1. The molecule has 7 heteroatoms. The molecule has 2 aliphatic rings. The molecule has 2 amide bonds. The molecular weight excluding hydrogens is 342 g/mol. The van der Waals surface area contributed by atoms with E-state index in [0.29, 0.717) is 18.9 Å². The van der Waals surface area contributed by atoms with E-state index >= 15 is 0 Å². The van der Waals surface area contributed by atoms with Gasteiger partial charge in [0.2, 0.25) is 12.3 Å². The zero-order valence-corrected chi connectivity index (χ0v) is 15.0. The molecular formula is C20H21N5O2. The molecule has 0 saturated heterocycles. The third-order valence-electron chi connectivity index (χ3n) is 5.19. The fraction of sp³-hybridized carbons (Fsp3) is 0.400. The van der Waals surface area contributed by atoms with Gasteiger partial charge in [0.1, 0.15) is 11.5 Å². The number of rotatable bonds is 6. The normalized spacial score (nSPS) is 16.7. The number of H-pyrrole nitrogens is 1. The van der Waals surface area contributed by atoms with E-state index in [9.17, 15) is 9.59 Å². The summed E-state index contributed by atoms with van der Waals surface area (Å²) in [5, 5.41) is 9.67. The minimum atomic E-state index is 0.0231. The number of amides is 2. The van der Waals surface area contributed by atoms with Crippen LogP contribution in [0.2, 0.25) is 0 Å². The fourth-order valence-electron chi connectivity index (χ4n) is 3.56. The van der Waals surface area contributed by atoms with Crippen LogP contribution in [0, 0.1) is 11.3 Å². The molecule has 0 unspecified atom stereocenters. The maximum Gasteiger partial charge on any atom is 0.223 e. The second-order valence-electron chi connectivity index (χ2n) is 6.99. The number of aromatic nitrogens is 2. The summed E-state index contributed by atoms with van der Waals surface area (Å²) >= 11 is 0. The van der Waals surface area contributed by atoms with E-state index in [4.69, 9.17) is 5.26 Å². The smallest absolute Gasteiger partial charge is 0.223 e. The Morgan fingerprint density at radius 3 is 3.00 bits per heavy atom. The summed E-state index contributed by atoms with van der Waals surface area (Å²) in [6, 6.07) is 6.26. The molecule has 1 N–H and O–H groups in total. The van der Waals surface area contributed by atoms with Crippen LogP contribution in [0.15, 0.2) is 24.4 Å². The number of pyridine rings is 1. The Kier molecular flexibility index (Phi) is 4.63. The van der Waals surface area contributed by atoms with E-state index < -0.39 is 0 Å². The maximum absolute atomic E-state index is 12.1. The molecule has 1 fully saturated rings. The van der Waals surface area contributed by atoms with Crippen LogP contribution in [-0.2, 0) is 9.59 Å². The molecule has 0 bridgehead atoms. The number of fused-ring (bicyclic) bond motifs is 1. The molecule has 0 aromatic carbocycles. The summed E-state index contributed by atoms with van der Waals surface area (Å²) in [6.45, 7) is 1.18. The third-order valence-corrected chi connectivity index (χ3v) is 5.19. The molecule has 3 heterocycles. The van der Waals surface area contributed by atoms with Crippen LogP contribution in [0.3, 0.4) is 0 Å². The van der Waals surface area contributed by atoms with Crippen molar-refractivity contribution in [1.82, 2.24) is 14.9 Å². The summed E-state index contributed by atoms with van der Waals surface area (Å²) in [7, 11) is 0. The van der Waals surface area contributed by atoms with Crippen LogP contribution in [0.4, 0.5) is 5.82 Å². The lowest BCUT2D eigenvalue weighted by atomic mass is 9.97. The predicted molar refractivity (Wildman–Crippen MR) is 102 cm³/mol. The predicted octanol–water partition coefficient (Wildman–Crippen LogP) is 2.61. The summed E-state index contributed by atoms with van der Waals surface area (Å²) in [5.74, 6) is 0.695. The number of nitrogens with one attached hydrogen (secondary N) is 1. The van der Waals surface area contributed by atoms with Crippen LogP contribution in [0.5, 0.6) is 0 Å². The summed E-state index contributed by atoms with van der Waals surface area (Å²) < 4.78 is 0. The molecule has 0 atom stereocenters. The molecule has 4 rings (SSSR count). The van der Waals surface area contributed by atoms with Gasteiger partial charge in [0.15, 0.2) is 0 Å². The van der Waals surface area contributed by atoms with Gasteiger partial charge in [-0.1, -0.05) is 6.08 Å². The summed E-state index contributed by atoms with van der Waals surface area (Å²) in [4.78, 5) is 34.9. The lowest BCUT2D eigenvalue weighted by Gasteiger charge is -2.27.